The minimum absolute atomic E-state index is 0.0860. The molecular weight excluding hydrogens is 270 g/mol. The van der Waals surface area contributed by atoms with Gasteiger partial charge in [0.05, 0.1) is 5.67 Å². The van der Waals surface area contributed by atoms with Gasteiger partial charge in [-0.1, -0.05) is 49.4 Å². The van der Waals surface area contributed by atoms with Crippen LogP contribution in [0.3, 0.4) is 0 Å². The fraction of sp³-hybridized carbons (Fsp3) is 0.467. The van der Waals surface area contributed by atoms with Crippen molar-refractivity contribution in [1.29, 1.82) is 0 Å². The molecule has 5 heteroatoms. The molecule has 1 atom stereocenters. The van der Waals surface area contributed by atoms with E-state index in [2.05, 4.69) is 36.5 Å². The van der Waals surface area contributed by atoms with Gasteiger partial charge in [-0.05, 0) is 12.0 Å². The summed E-state index contributed by atoms with van der Waals surface area (Å²) < 4.78 is 16.5. The molecule has 0 radical (unpaired) electrons. The Balaban J connectivity index is 2.55. The number of hydrogen-bond donors (Lipinski definition) is 1. The first-order chi connectivity index (χ1) is 9.72. The molecule has 0 bridgehead atoms. The SMILES string of the molecule is CCC(NC/C=C/c1ccccc1)[Si](OC)(OC)OC. The smallest absolute Gasteiger partial charge is 0.376 e. The fourth-order valence-corrected chi connectivity index (χ4v) is 4.39. The van der Waals surface area contributed by atoms with Crippen molar-refractivity contribution >= 4 is 14.9 Å². The highest BCUT2D eigenvalue weighted by atomic mass is 28.4. The van der Waals surface area contributed by atoms with Crippen LogP contribution in [0, 0.1) is 0 Å². The second-order valence-corrected chi connectivity index (χ2v) is 7.53. The molecule has 0 heterocycles. The van der Waals surface area contributed by atoms with E-state index in [0.29, 0.717) is 0 Å². The molecular formula is C15H25NO3Si. The lowest BCUT2D eigenvalue weighted by Gasteiger charge is -2.32. The monoisotopic (exact) mass is 295 g/mol. The second kappa shape index (κ2) is 9.04. The van der Waals surface area contributed by atoms with E-state index in [1.165, 1.54) is 5.56 Å². The van der Waals surface area contributed by atoms with Gasteiger partial charge in [-0.2, -0.15) is 0 Å². The summed E-state index contributed by atoms with van der Waals surface area (Å²) in [5, 5.41) is 3.43. The standard InChI is InChI=1S/C15H25NO3Si/c1-5-15(20(17-2,18-3)19-4)16-13-9-12-14-10-7-6-8-11-14/h6-12,15-16H,5,13H2,1-4H3/b12-9+. The number of benzene rings is 1. The highest BCUT2D eigenvalue weighted by molar-refractivity contribution is 6.62. The average molecular weight is 295 g/mol. The molecule has 0 saturated carbocycles. The van der Waals surface area contributed by atoms with Crippen molar-refractivity contribution in [2.24, 2.45) is 0 Å². The Morgan fingerprint density at radius 1 is 1.10 bits per heavy atom. The lowest BCUT2D eigenvalue weighted by atomic mass is 10.2. The molecule has 0 fully saturated rings. The van der Waals surface area contributed by atoms with Crippen LogP contribution >= 0.6 is 0 Å². The van der Waals surface area contributed by atoms with Crippen LogP contribution in [-0.4, -0.2) is 42.3 Å². The van der Waals surface area contributed by atoms with E-state index < -0.39 is 8.80 Å². The van der Waals surface area contributed by atoms with E-state index in [-0.39, 0.29) is 5.67 Å². The normalized spacial score (nSPS) is 13.8. The lowest BCUT2D eigenvalue weighted by Crippen LogP contribution is -2.60. The van der Waals surface area contributed by atoms with Crippen molar-refractivity contribution in [2.75, 3.05) is 27.9 Å². The van der Waals surface area contributed by atoms with Gasteiger partial charge in [-0.3, -0.25) is 0 Å². The molecule has 0 spiro atoms. The van der Waals surface area contributed by atoms with E-state index in [0.717, 1.165) is 13.0 Å². The molecule has 112 valence electrons. The first-order valence-electron chi connectivity index (χ1n) is 6.82. The highest BCUT2D eigenvalue weighted by Gasteiger charge is 2.46. The summed E-state index contributed by atoms with van der Waals surface area (Å²) >= 11 is 0. The van der Waals surface area contributed by atoms with E-state index in [1.54, 1.807) is 21.3 Å². The molecule has 1 aromatic carbocycles. The maximum atomic E-state index is 5.51. The minimum atomic E-state index is -2.62. The second-order valence-electron chi connectivity index (χ2n) is 4.40. The molecule has 0 aliphatic rings. The molecule has 4 nitrogen and oxygen atoms in total. The van der Waals surface area contributed by atoms with Gasteiger partial charge in [0.15, 0.2) is 0 Å². The van der Waals surface area contributed by atoms with Gasteiger partial charge < -0.3 is 18.6 Å². The maximum Gasteiger partial charge on any atom is 0.518 e. The number of hydrogen-bond acceptors (Lipinski definition) is 4. The Morgan fingerprint density at radius 3 is 2.20 bits per heavy atom. The van der Waals surface area contributed by atoms with Crippen LogP contribution in [0.15, 0.2) is 36.4 Å². The summed E-state index contributed by atoms with van der Waals surface area (Å²) in [5.41, 5.74) is 1.28. The molecule has 0 amide bonds. The summed E-state index contributed by atoms with van der Waals surface area (Å²) in [5.74, 6) is 0. The Kier molecular flexibility index (Phi) is 7.72. The fourth-order valence-electron chi connectivity index (χ4n) is 2.17. The summed E-state index contributed by atoms with van der Waals surface area (Å²) in [6, 6.07) is 10.2. The van der Waals surface area contributed by atoms with Crippen molar-refractivity contribution in [3.63, 3.8) is 0 Å². The van der Waals surface area contributed by atoms with Gasteiger partial charge in [0.25, 0.3) is 0 Å². The van der Waals surface area contributed by atoms with Crippen molar-refractivity contribution in [3.8, 4) is 0 Å². The zero-order chi connectivity index (χ0) is 14.8. The molecule has 1 aromatic rings. The summed E-state index contributed by atoms with van der Waals surface area (Å²) in [4.78, 5) is 0. The van der Waals surface area contributed by atoms with E-state index in [9.17, 15) is 0 Å². The molecule has 1 N–H and O–H groups in total. The average Bonchev–Trinajstić information content (AvgIpc) is 2.52. The molecule has 0 aliphatic heterocycles. The summed E-state index contributed by atoms with van der Waals surface area (Å²) in [6.45, 7) is 2.84. The van der Waals surface area contributed by atoms with Crippen LogP contribution in [-0.2, 0) is 13.3 Å². The van der Waals surface area contributed by atoms with Crippen LogP contribution < -0.4 is 5.32 Å². The predicted octanol–water partition coefficient (Wildman–Crippen LogP) is 2.49. The Bertz CT molecular complexity index is 385. The first-order valence-corrected chi connectivity index (χ1v) is 8.63. The van der Waals surface area contributed by atoms with Gasteiger partial charge in [-0.25, -0.2) is 0 Å². The zero-order valence-corrected chi connectivity index (χ0v) is 13.8. The molecule has 20 heavy (non-hydrogen) atoms. The van der Waals surface area contributed by atoms with Gasteiger partial charge in [0.1, 0.15) is 0 Å². The third-order valence-corrected chi connectivity index (χ3v) is 6.45. The third kappa shape index (κ3) is 4.54. The van der Waals surface area contributed by atoms with Crippen LogP contribution in [0.1, 0.15) is 18.9 Å². The van der Waals surface area contributed by atoms with E-state index >= 15 is 0 Å². The molecule has 0 aromatic heterocycles. The van der Waals surface area contributed by atoms with Gasteiger partial charge >= 0.3 is 8.80 Å². The number of nitrogens with one attached hydrogen (secondary N) is 1. The largest absolute Gasteiger partial charge is 0.518 e. The summed E-state index contributed by atoms with van der Waals surface area (Å²) in [7, 11) is 2.31. The molecule has 0 aliphatic carbocycles. The van der Waals surface area contributed by atoms with Gasteiger partial charge in [-0.15, -0.1) is 0 Å². The van der Waals surface area contributed by atoms with Crippen molar-refractivity contribution < 1.29 is 13.3 Å². The highest BCUT2D eigenvalue weighted by Crippen LogP contribution is 2.14. The van der Waals surface area contributed by atoms with E-state index in [1.807, 2.05) is 18.2 Å². The Hall–Kier alpha value is -0.983. The molecule has 1 unspecified atom stereocenters. The zero-order valence-electron chi connectivity index (χ0n) is 12.8. The Morgan fingerprint density at radius 2 is 1.70 bits per heavy atom. The summed E-state index contributed by atoms with van der Waals surface area (Å²) in [6.07, 6.45) is 5.08. The molecule has 1 rings (SSSR count). The van der Waals surface area contributed by atoms with Crippen LogP contribution in [0.4, 0.5) is 0 Å². The Labute approximate surface area is 123 Å². The number of rotatable bonds is 9. The first kappa shape index (κ1) is 17.1. The van der Waals surface area contributed by atoms with Crippen molar-refractivity contribution in [1.82, 2.24) is 5.32 Å². The van der Waals surface area contributed by atoms with Crippen LogP contribution in [0.25, 0.3) is 6.08 Å². The van der Waals surface area contributed by atoms with Crippen LogP contribution in [0.5, 0.6) is 0 Å². The van der Waals surface area contributed by atoms with E-state index in [4.69, 9.17) is 13.3 Å². The quantitative estimate of drug-likeness (QED) is 0.711. The minimum Gasteiger partial charge on any atom is -0.376 e. The maximum absolute atomic E-state index is 5.51. The topological polar surface area (TPSA) is 39.7 Å². The van der Waals surface area contributed by atoms with Crippen molar-refractivity contribution in [3.05, 3.63) is 42.0 Å². The van der Waals surface area contributed by atoms with Gasteiger partial charge in [0, 0.05) is 27.9 Å². The van der Waals surface area contributed by atoms with Gasteiger partial charge in [0.2, 0.25) is 0 Å². The lowest BCUT2D eigenvalue weighted by molar-refractivity contribution is 0.107. The predicted molar refractivity (Wildman–Crippen MR) is 84.3 cm³/mol. The molecule has 0 saturated heterocycles. The van der Waals surface area contributed by atoms with Crippen molar-refractivity contribution in [2.45, 2.75) is 19.0 Å². The third-order valence-electron chi connectivity index (χ3n) is 3.28. The van der Waals surface area contributed by atoms with Crippen LogP contribution in [0.2, 0.25) is 0 Å².